The van der Waals surface area contributed by atoms with Crippen molar-refractivity contribution in [2.45, 2.75) is 25.6 Å². The highest BCUT2D eigenvalue weighted by atomic mass is 19.1. The monoisotopic (exact) mass is 436 g/mol. The number of nitrogens with zero attached hydrogens (tertiary/aromatic N) is 6. The second-order valence-electron chi connectivity index (χ2n) is 8.23. The summed E-state index contributed by atoms with van der Waals surface area (Å²) < 4.78 is 15.6. The van der Waals surface area contributed by atoms with E-state index >= 15 is 0 Å². The normalized spacial score (nSPS) is 17.6. The molecule has 4 rings (SSSR count). The minimum absolute atomic E-state index is 0.0520. The Morgan fingerprint density at radius 2 is 2.00 bits per heavy atom. The van der Waals surface area contributed by atoms with Crippen LogP contribution >= 0.6 is 0 Å². The molecule has 0 bridgehead atoms. The van der Waals surface area contributed by atoms with E-state index < -0.39 is 12.0 Å². The predicted octanol–water partition coefficient (Wildman–Crippen LogP) is 2.59. The van der Waals surface area contributed by atoms with Crippen LogP contribution in [0.1, 0.15) is 29.3 Å². The molecule has 2 N–H and O–H groups in total. The number of benzene rings is 1. The SMILES string of the molecule is Cc1c(-c2cnn(-c3ccc(C(O)N4CC[C@H](N(C)C)C4)cn3)c2O)ccc(C#N)c1F. The van der Waals surface area contributed by atoms with Gasteiger partial charge >= 0.3 is 0 Å². The Kier molecular flexibility index (Phi) is 5.93. The number of likely N-dealkylation sites (tertiary alicyclic amines) is 1. The van der Waals surface area contributed by atoms with Crippen LogP contribution in [-0.2, 0) is 0 Å². The van der Waals surface area contributed by atoms with E-state index in [2.05, 4.69) is 15.0 Å². The molecule has 1 aliphatic rings. The summed E-state index contributed by atoms with van der Waals surface area (Å²) in [6.45, 7) is 3.13. The van der Waals surface area contributed by atoms with Crippen LogP contribution in [0.4, 0.5) is 4.39 Å². The van der Waals surface area contributed by atoms with Crippen LogP contribution in [0, 0.1) is 24.1 Å². The highest BCUT2D eigenvalue weighted by Crippen LogP contribution is 2.34. The lowest BCUT2D eigenvalue weighted by Crippen LogP contribution is -2.33. The average Bonchev–Trinajstić information content (AvgIpc) is 3.43. The molecule has 1 saturated heterocycles. The van der Waals surface area contributed by atoms with Crippen molar-refractivity contribution in [3.63, 3.8) is 0 Å². The van der Waals surface area contributed by atoms with Crippen LogP contribution in [0.25, 0.3) is 16.9 Å². The van der Waals surface area contributed by atoms with E-state index in [4.69, 9.17) is 5.26 Å². The Morgan fingerprint density at radius 3 is 2.62 bits per heavy atom. The number of aromatic hydroxyl groups is 1. The molecular formula is C23H25FN6O2. The molecule has 2 aromatic heterocycles. The van der Waals surface area contributed by atoms with Crippen LogP contribution in [0.3, 0.4) is 0 Å². The van der Waals surface area contributed by atoms with Gasteiger partial charge in [-0.25, -0.2) is 9.37 Å². The quantitative estimate of drug-likeness (QED) is 0.634. The fraction of sp³-hybridized carbons (Fsp3) is 0.348. The number of aliphatic hydroxyl groups is 1. The Hall–Kier alpha value is -3.32. The van der Waals surface area contributed by atoms with E-state index in [0.717, 1.165) is 19.5 Å². The number of hydrogen-bond donors (Lipinski definition) is 2. The van der Waals surface area contributed by atoms with Gasteiger partial charge < -0.3 is 15.1 Å². The summed E-state index contributed by atoms with van der Waals surface area (Å²) in [5, 5.41) is 34.6. The highest BCUT2D eigenvalue weighted by molar-refractivity contribution is 5.72. The van der Waals surface area contributed by atoms with E-state index in [9.17, 15) is 14.6 Å². The van der Waals surface area contributed by atoms with Gasteiger partial charge in [-0.2, -0.15) is 15.0 Å². The maximum absolute atomic E-state index is 14.4. The van der Waals surface area contributed by atoms with Gasteiger partial charge in [-0.15, -0.1) is 0 Å². The standard InChI is InChI=1S/C23H25FN6O2/c1-14-18(6-4-15(10-25)21(14)24)19-12-27-30(23(19)32)20-7-5-16(11-26-20)22(31)29-9-8-17(13-29)28(2)3/h4-7,11-12,17,22,31-32H,8-9,13H2,1-3H3/t17-,22?/m0/s1. The van der Waals surface area contributed by atoms with E-state index in [1.165, 1.54) is 16.9 Å². The smallest absolute Gasteiger partial charge is 0.223 e. The van der Waals surface area contributed by atoms with Gasteiger partial charge in [0.05, 0.1) is 17.3 Å². The second kappa shape index (κ2) is 8.67. The lowest BCUT2D eigenvalue weighted by Gasteiger charge is -2.24. The van der Waals surface area contributed by atoms with E-state index in [0.29, 0.717) is 28.6 Å². The first-order valence-electron chi connectivity index (χ1n) is 10.3. The number of aromatic nitrogens is 3. The average molecular weight is 436 g/mol. The van der Waals surface area contributed by atoms with Gasteiger partial charge in [-0.05, 0) is 56.8 Å². The minimum Gasteiger partial charge on any atom is -0.493 e. The molecule has 1 fully saturated rings. The number of aliphatic hydroxyl groups excluding tert-OH is 1. The maximum atomic E-state index is 14.4. The summed E-state index contributed by atoms with van der Waals surface area (Å²) >= 11 is 0. The lowest BCUT2D eigenvalue weighted by atomic mass is 10.00. The topological polar surface area (TPSA) is 101 Å². The number of hydrogen-bond acceptors (Lipinski definition) is 7. The number of rotatable bonds is 5. The molecule has 0 spiro atoms. The van der Waals surface area contributed by atoms with Crippen molar-refractivity contribution in [2.75, 3.05) is 27.2 Å². The Bertz CT molecular complexity index is 1170. The molecule has 3 heterocycles. The van der Waals surface area contributed by atoms with Crippen molar-refractivity contribution < 1.29 is 14.6 Å². The van der Waals surface area contributed by atoms with Gasteiger partial charge in [0, 0.05) is 30.9 Å². The predicted molar refractivity (Wildman–Crippen MR) is 116 cm³/mol. The third-order valence-electron chi connectivity index (χ3n) is 6.10. The number of nitriles is 1. The van der Waals surface area contributed by atoms with Crippen molar-refractivity contribution >= 4 is 0 Å². The molecule has 1 unspecified atom stereocenters. The Morgan fingerprint density at radius 1 is 1.22 bits per heavy atom. The third kappa shape index (κ3) is 3.84. The van der Waals surface area contributed by atoms with E-state index in [1.54, 1.807) is 31.3 Å². The van der Waals surface area contributed by atoms with Gasteiger partial charge in [0.2, 0.25) is 5.88 Å². The first-order valence-corrected chi connectivity index (χ1v) is 10.3. The zero-order chi connectivity index (χ0) is 23.0. The van der Waals surface area contributed by atoms with Gasteiger partial charge in [0.1, 0.15) is 18.1 Å². The highest BCUT2D eigenvalue weighted by Gasteiger charge is 2.29. The number of halogens is 1. The second-order valence-corrected chi connectivity index (χ2v) is 8.23. The molecule has 0 radical (unpaired) electrons. The molecule has 0 amide bonds. The van der Waals surface area contributed by atoms with Gasteiger partial charge in [-0.3, -0.25) is 4.90 Å². The van der Waals surface area contributed by atoms with Crippen LogP contribution in [0.2, 0.25) is 0 Å². The zero-order valence-corrected chi connectivity index (χ0v) is 18.2. The summed E-state index contributed by atoms with van der Waals surface area (Å²) in [5.41, 5.74) is 1.64. The molecule has 2 atom stereocenters. The van der Waals surface area contributed by atoms with Crippen LogP contribution in [0.5, 0.6) is 5.88 Å². The molecule has 9 heteroatoms. The van der Waals surface area contributed by atoms with Gasteiger partial charge in [0.25, 0.3) is 0 Å². The Balaban J connectivity index is 1.57. The van der Waals surface area contributed by atoms with Crippen molar-refractivity contribution in [1.82, 2.24) is 24.6 Å². The largest absolute Gasteiger partial charge is 0.493 e. The summed E-state index contributed by atoms with van der Waals surface area (Å²) in [6, 6.07) is 8.60. The summed E-state index contributed by atoms with van der Waals surface area (Å²) in [7, 11) is 4.07. The molecule has 1 aromatic carbocycles. The molecule has 8 nitrogen and oxygen atoms in total. The fourth-order valence-electron chi connectivity index (χ4n) is 4.06. The summed E-state index contributed by atoms with van der Waals surface area (Å²) in [5.74, 6) is -0.442. The molecule has 0 saturated carbocycles. The van der Waals surface area contributed by atoms with Crippen molar-refractivity contribution in [3.05, 3.63) is 59.2 Å². The summed E-state index contributed by atoms with van der Waals surface area (Å²) in [6.07, 6.45) is 3.23. The van der Waals surface area contributed by atoms with Crippen molar-refractivity contribution in [3.8, 4) is 28.9 Å². The Labute approximate surface area is 185 Å². The molecule has 0 aliphatic carbocycles. The van der Waals surface area contributed by atoms with Crippen molar-refractivity contribution in [1.29, 1.82) is 5.26 Å². The summed E-state index contributed by atoms with van der Waals surface area (Å²) in [4.78, 5) is 8.52. The molecular weight excluding hydrogens is 411 g/mol. The van der Waals surface area contributed by atoms with Crippen LogP contribution in [-0.4, -0.2) is 68.0 Å². The number of likely N-dealkylation sites (N-methyl/N-ethyl adjacent to an activating group) is 1. The molecule has 32 heavy (non-hydrogen) atoms. The first kappa shape index (κ1) is 21.9. The van der Waals surface area contributed by atoms with Gasteiger partial charge in [-0.1, -0.05) is 6.07 Å². The third-order valence-corrected chi connectivity index (χ3v) is 6.10. The molecule has 166 valence electrons. The van der Waals surface area contributed by atoms with Gasteiger partial charge in [0.15, 0.2) is 5.82 Å². The van der Waals surface area contributed by atoms with E-state index in [-0.39, 0.29) is 17.0 Å². The maximum Gasteiger partial charge on any atom is 0.223 e. The number of pyridine rings is 1. The van der Waals surface area contributed by atoms with Crippen molar-refractivity contribution in [2.24, 2.45) is 0 Å². The van der Waals surface area contributed by atoms with Crippen LogP contribution in [0.15, 0.2) is 36.7 Å². The lowest BCUT2D eigenvalue weighted by molar-refractivity contribution is 0.0148. The van der Waals surface area contributed by atoms with Crippen LogP contribution < -0.4 is 0 Å². The first-order chi connectivity index (χ1) is 15.3. The zero-order valence-electron chi connectivity index (χ0n) is 18.2. The van der Waals surface area contributed by atoms with E-state index in [1.807, 2.05) is 25.1 Å². The fourth-order valence-corrected chi connectivity index (χ4v) is 4.06. The molecule has 3 aromatic rings. The molecule has 1 aliphatic heterocycles. The minimum atomic E-state index is -0.757.